The van der Waals surface area contributed by atoms with Gasteiger partial charge < -0.3 is 70.2 Å². The number of aromatic nitrogens is 2. The van der Waals surface area contributed by atoms with Gasteiger partial charge in [-0.25, -0.2) is 34.8 Å². The summed E-state index contributed by atoms with van der Waals surface area (Å²) < 4.78 is 29.3. The maximum Gasteiger partial charge on any atom is 0.434 e. The smallest absolute Gasteiger partial charge is 0.434 e. The first-order valence-corrected chi connectivity index (χ1v) is 42.5. The van der Waals surface area contributed by atoms with Crippen molar-refractivity contribution in [2.75, 3.05) is 46.9 Å². The van der Waals surface area contributed by atoms with E-state index in [4.69, 9.17) is 33.9 Å². The van der Waals surface area contributed by atoms with E-state index in [9.17, 15) is 33.9 Å². The number of carbonyl (C=O) groups excluding carboxylic acids is 10. The molecule has 2 saturated heterocycles. The van der Waals surface area contributed by atoms with Gasteiger partial charge in [0.25, 0.3) is 5.91 Å². The molecule has 6 aromatic carbocycles. The molecular weight excluding hydrogens is 1630 g/mol. The predicted molar refractivity (Wildman–Crippen MR) is 468 cm³/mol. The molecule has 10 amide bonds. The molecule has 13 atom stereocenters. The number of likely N-dealkylation sites (N-methyl/N-ethyl adjacent to an activating group) is 2. The molecule has 8 heterocycles. The van der Waals surface area contributed by atoms with Gasteiger partial charge in [-0.3, -0.25) is 53.1 Å². The Bertz CT molecular complexity index is 5340. The average Bonchev–Trinajstić information content (AvgIpc) is 1.60. The number of hydrogen-bond acceptors (Lipinski definition) is 24. The zero-order valence-corrected chi connectivity index (χ0v) is 74.6. The number of carbonyl (C=O) groups is 11. The van der Waals surface area contributed by atoms with Crippen LogP contribution in [0, 0.1) is 16.4 Å². The number of benzene rings is 6. The van der Waals surface area contributed by atoms with Crippen LogP contribution >= 0.6 is 0 Å². The number of carboxylic acids is 1. The highest BCUT2D eigenvalue weighted by atomic mass is 16.6. The second-order valence-corrected chi connectivity index (χ2v) is 36.9. The molecule has 7 aliphatic rings. The number of likely N-dealkylation sites (tertiary alicyclic amines) is 2. The van der Waals surface area contributed by atoms with Crippen LogP contribution in [0.2, 0.25) is 0 Å². The van der Waals surface area contributed by atoms with Gasteiger partial charge in [0.15, 0.2) is 0 Å². The Morgan fingerprint density at radius 2 is 1.13 bits per heavy atom. The molecule has 678 valence electrons. The van der Waals surface area contributed by atoms with Crippen LogP contribution in [0.1, 0.15) is 150 Å². The van der Waals surface area contributed by atoms with Crippen molar-refractivity contribution in [3.05, 3.63) is 172 Å². The summed E-state index contributed by atoms with van der Waals surface area (Å²) in [6, 6.07) is 23.4. The fraction of sp³-hybridized carbons (Fsp3) is 0.495. The summed E-state index contributed by atoms with van der Waals surface area (Å²) in [6.07, 6.45) is -0.869. The monoisotopic (exact) mass is 1750 g/mol. The second kappa shape index (κ2) is 39.6. The lowest BCUT2D eigenvalue weighted by Gasteiger charge is -2.45. The van der Waals surface area contributed by atoms with Crippen molar-refractivity contribution >= 4 is 93.2 Å². The number of carboxylic acid groups (broad SMARTS) is 1. The molecule has 36 heteroatoms. The van der Waals surface area contributed by atoms with E-state index in [1.165, 1.54) is 49.0 Å². The van der Waals surface area contributed by atoms with Crippen LogP contribution in [0.3, 0.4) is 0 Å². The van der Waals surface area contributed by atoms with Gasteiger partial charge in [-0.05, 0) is 147 Å². The van der Waals surface area contributed by atoms with Gasteiger partial charge in [0.05, 0.1) is 12.6 Å². The molecule has 13 unspecified atom stereocenters. The highest BCUT2D eigenvalue weighted by Gasteiger charge is 2.59. The molecule has 0 radical (unpaired) electrons. The van der Waals surface area contributed by atoms with E-state index in [0.29, 0.717) is 22.3 Å². The number of H-pyrrole nitrogens is 1. The maximum absolute atomic E-state index is 16.4. The van der Waals surface area contributed by atoms with E-state index in [2.05, 4.69) is 57.5 Å². The molecule has 14 rings (SSSR count). The van der Waals surface area contributed by atoms with Crippen LogP contribution in [0.15, 0.2) is 163 Å². The predicted octanol–water partition coefficient (Wildman–Crippen LogP) is 8.49. The van der Waals surface area contributed by atoms with Crippen molar-refractivity contribution in [3.8, 4) is 11.5 Å². The Balaban J connectivity index is 0.957. The summed E-state index contributed by atoms with van der Waals surface area (Å²) >= 11 is 0. The third kappa shape index (κ3) is 23.7. The number of hydrogen-bond donors (Lipinski definition) is 9. The Labute approximate surface area is 736 Å². The minimum absolute atomic E-state index is 0.0270. The van der Waals surface area contributed by atoms with E-state index < -0.39 is 171 Å². The van der Waals surface area contributed by atoms with Crippen LogP contribution < -0.4 is 47.1 Å². The van der Waals surface area contributed by atoms with E-state index in [0.717, 1.165) is 31.3 Å². The fourth-order valence-corrected chi connectivity index (χ4v) is 15.5. The minimum atomic E-state index is -2.09. The first-order chi connectivity index (χ1) is 59.9. The number of aromatic amines is 1. The molecule has 1 aromatic heterocycles. The molecule has 9 N–H and O–H groups in total. The maximum atomic E-state index is 16.4. The molecule has 6 bridgehead atoms. The third-order valence-corrected chi connectivity index (χ3v) is 22.8. The lowest BCUT2D eigenvalue weighted by Crippen LogP contribution is -2.70. The Hall–Kier alpha value is -13.2. The van der Waals surface area contributed by atoms with Crippen molar-refractivity contribution in [1.82, 2.24) is 66.7 Å². The second-order valence-electron chi connectivity index (χ2n) is 36.9. The van der Waals surface area contributed by atoms with Crippen LogP contribution in [0.25, 0.3) is 21.5 Å². The number of fused-ring (bicyclic) bond motifs is 2. The summed E-state index contributed by atoms with van der Waals surface area (Å²) in [4.78, 5) is 186. The molecule has 1 spiro atoms. The van der Waals surface area contributed by atoms with Gasteiger partial charge in [-0.15, -0.1) is 5.10 Å². The van der Waals surface area contributed by atoms with Crippen LogP contribution in [-0.4, -0.2) is 242 Å². The number of nitrogens with zero attached hydrogens (tertiary/aromatic N) is 10. The number of ether oxygens (including phenoxy) is 4. The largest absolute Gasteiger partial charge is 0.491 e. The van der Waals surface area contributed by atoms with E-state index >= 15 is 28.8 Å². The standard InChI is InChI=1S/C91H116N18O18/c1-52(105(15)85(121)126-89(9,10)11)74(110)98-72(87(3,4)5)80(115)107-41-38-66-71(107)78(114)94-67(46-56-26-32-58-22-17-19-24-60(58)42-56)76(112)96-70(82(117)118)45-55-30-36-65(37-31-55)124-51-63-49-109(104-101-63)91(39-21-40-108(91)81(116)73(88(6,7)8)99-75(111)53(2)106(16)86(122)127-90(12,13)14)83(119)97-68(47-57-27-33-59-23-18-20-25-61(59)43-57)77(113)95-69(79-102-103-84(120)125-79)44-54-28-34-64(35-29-54)123-50-62(100-92)48-93-66/h17-20,22-37,42-43,48,52-53,62-63,66-73,92H,21,38-41,44-47,49-51H2,1-16H3,(H,94,114)(H,95,113)(H,96,112)(H,97,119)(H,98,110)(H,99,111)(H,103,120)(H,117,118). The number of aliphatic imine (C=N–C) groups is 1. The number of amides is 10. The quantitative estimate of drug-likeness (QED) is 0.0434. The van der Waals surface area contributed by atoms with Crippen molar-refractivity contribution in [2.24, 2.45) is 31.3 Å². The number of aliphatic carboxylic acids is 1. The summed E-state index contributed by atoms with van der Waals surface area (Å²) in [5, 5.41) is 52.5. The minimum Gasteiger partial charge on any atom is -0.491 e. The molecule has 0 aliphatic carbocycles. The molecule has 127 heavy (non-hydrogen) atoms. The topological polar surface area (TPSA) is 465 Å². The van der Waals surface area contributed by atoms with Crippen molar-refractivity contribution in [3.63, 3.8) is 0 Å². The summed E-state index contributed by atoms with van der Waals surface area (Å²) in [5.74, 6) is -8.35. The van der Waals surface area contributed by atoms with Gasteiger partial charge in [0.1, 0.15) is 102 Å². The SMILES string of the molecule is CC(C(=O)NC(C(=O)N1CCC2N=CC(N=N)COc3ccc(cc3)CC(c3n[nH]c(=O)o3)NC(=O)C(Cc3ccc4ccccc4c3)NC(=O)C3(CCCN3C(=O)C(NC(=O)C(C)N(C)C(=O)OC(C)(C)C)C(C)(C)C)N3CC(COc4ccc(cc4)CC(C(=O)O)NC(=O)C(Cc4ccc5ccccc5c4)NC(=O)C21)N=N3)C(C)(C)C)N(C)C(=O)OC(C)(C)C. The van der Waals surface area contributed by atoms with Gasteiger partial charge in [-0.2, -0.15) is 10.2 Å². The number of nitrogens with one attached hydrogen (secondary N) is 8. The zero-order chi connectivity index (χ0) is 92.4. The number of rotatable bonds is 15. The molecule has 2 fully saturated rings. The van der Waals surface area contributed by atoms with E-state index in [1.807, 2.05) is 78.9 Å². The van der Waals surface area contributed by atoms with Crippen molar-refractivity contribution < 1.29 is 81.2 Å². The third-order valence-electron chi connectivity index (χ3n) is 22.8. The Morgan fingerprint density at radius 3 is 1.63 bits per heavy atom. The van der Waals surface area contributed by atoms with Gasteiger partial charge in [-0.1, -0.05) is 156 Å². The van der Waals surface area contributed by atoms with Crippen molar-refractivity contribution in [1.29, 1.82) is 5.53 Å². The normalized spacial score (nSPS) is 22.3. The summed E-state index contributed by atoms with van der Waals surface area (Å²) in [6.45, 7) is 22.5. The van der Waals surface area contributed by atoms with E-state index in [-0.39, 0.29) is 95.2 Å². The van der Waals surface area contributed by atoms with Gasteiger partial charge in [0, 0.05) is 65.5 Å². The van der Waals surface area contributed by atoms with E-state index in [1.54, 1.807) is 138 Å². The highest BCUT2D eigenvalue weighted by molar-refractivity contribution is 6.00. The van der Waals surface area contributed by atoms with Gasteiger partial charge in [0.2, 0.25) is 52.9 Å². The fourth-order valence-electron chi connectivity index (χ4n) is 15.5. The zero-order valence-electron chi connectivity index (χ0n) is 74.6. The van der Waals surface area contributed by atoms with Crippen LogP contribution in [-0.2, 0) is 78.3 Å². The summed E-state index contributed by atoms with van der Waals surface area (Å²) in [7, 11) is 2.78. The van der Waals surface area contributed by atoms with Crippen molar-refractivity contribution in [2.45, 2.75) is 231 Å². The first kappa shape index (κ1) is 94.5. The van der Waals surface area contributed by atoms with Crippen LogP contribution in [0.4, 0.5) is 9.59 Å². The molecular formula is C91H116N18O18. The lowest BCUT2D eigenvalue weighted by atomic mass is 9.85. The molecule has 7 aromatic rings. The lowest BCUT2D eigenvalue weighted by molar-refractivity contribution is -0.162. The van der Waals surface area contributed by atoms with Crippen LogP contribution in [0.5, 0.6) is 11.5 Å². The Kier molecular flexibility index (Phi) is 29.4. The average molecular weight is 1750 g/mol. The molecule has 0 saturated carbocycles. The summed E-state index contributed by atoms with van der Waals surface area (Å²) in [5.41, 5.74) is 4.46. The molecule has 7 aliphatic heterocycles. The molecule has 36 nitrogen and oxygen atoms in total. The highest BCUT2D eigenvalue weighted by Crippen LogP contribution is 2.40. The van der Waals surface area contributed by atoms with Gasteiger partial charge >= 0.3 is 23.9 Å². The first-order valence-electron chi connectivity index (χ1n) is 42.5. The Morgan fingerprint density at radius 1 is 0.622 bits per heavy atom.